The van der Waals surface area contributed by atoms with Crippen molar-refractivity contribution < 1.29 is 14.3 Å². The molecule has 1 saturated carbocycles. The zero-order chi connectivity index (χ0) is 17.8. The third-order valence-electron chi connectivity index (χ3n) is 4.88. The van der Waals surface area contributed by atoms with Crippen molar-refractivity contribution in [2.24, 2.45) is 5.92 Å². The maximum absolute atomic E-state index is 12.4. The average Bonchev–Trinajstić information content (AvgIpc) is 3.29. The van der Waals surface area contributed by atoms with E-state index in [0.29, 0.717) is 13.2 Å². The number of benzene rings is 1. The molecule has 5 nitrogen and oxygen atoms in total. The molecule has 0 saturated heterocycles. The molecule has 1 aliphatic carbocycles. The number of rotatable bonds is 9. The second kappa shape index (κ2) is 8.09. The molecule has 0 spiro atoms. The zero-order valence-electron chi connectivity index (χ0n) is 15.6. The van der Waals surface area contributed by atoms with Gasteiger partial charge in [0.25, 0.3) is 0 Å². The molecule has 138 valence electrons. The lowest BCUT2D eigenvalue weighted by atomic mass is 10.0. The number of carbonyl (C=O) groups is 1. The van der Waals surface area contributed by atoms with E-state index in [2.05, 4.69) is 36.6 Å². The molecular weight excluding hydrogens is 316 g/mol. The van der Waals surface area contributed by atoms with Gasteiger partial charge < -0.3 is 20.1 Å². The number of carbonyl (C=O) groups excluding carboxylic acids is 1. The largest absolute Gasteiger partial charge is 0.494 e. The lowest BCUT2D eigenvalue weighted by Gasteiger charge is -2.13. The van der Waals surface area contributed by atoms with Crippen molar-refractivity contribution >= 4 is 5.91 Å². The summed E-state index contributed by atoms with van der Waals surface area (Å²) in [6, 6.07) is 4.21. The van der Waals surface area contributed by atoms with E-state index in [4.69, 9.17) is 9.47 Å². The molecule has 0 aromatic heterocycles. The fourth-order valence-corrected chi connectivity index (χ4v) is 3.56. The molecule has 1 amide bonds. The van der Waals surface area contributed by atoms with Gasteiger partial charge in [0.2, 0.25) is 5.91 Å². The van der Waals surface area contributed by atoms with Gasteiger partial charge in [-0.15, -0.1) is 0 Å². The van der Waals surface area contributed by atoms with E-state index < -0.39 is 0 Å². The third kappa shape index (κ3) is 4.27. The summed E-state index contributed by atoms with van der Waals surface area (Å²) in [7, 11) is 0. The second-order valence-electron chi connectivity index (χ2n) is 7.05. The van der Waals surface area contributed by atoms with E-state index >= 15 is 0 Å². The number of fused-ring (bicyclic) bond motifs is 1. The summed E-state index contributed by atoms with van der Waals surface area (Å²) in [5, 5.41) is 6.34. The number of hydrogen-bond donors (Lipinski definition) is 2. The number of amides is 1. The average molecular weight is 346 g/mol. The van der Waals surface area contributed by atoms with Crippen molar-refractivity contribution in [1.29, 1.82) is 0 Å². The lowest BCUT2D eigenvalue weighted by molar-refractivity contribution is -0.122. The van der Waals surface area contributed by atoms with Gasteiger partial charge in [-0.05, 0) is 45.4 Å². The molecule has 3 atom stereocenters. The van der Waals surface area contributed by atoms with Crippen LogP contribution in [0.3, 0.4) is 0 Å². The fourth-order valence-electron chi connectivity index (χ4n) is 3.56. The molecule has 0 radical (unpaired) electrons. The Morgan fingerprint density at radius 2 is 2.12 bits per heavy atom. The summed E-state index contributed by atoms with van der Waals surface area (Å²) < 4.78 is 11.7. The molecule has 5 heteroatoms. The SMILES string of the molecule is CCCNCCNC(=O)C1CC1c1cc2c(cc1OCC)CC(C)O2. The molecular formula is C20H30N2O3. The highest BCUT2D eigenvalue weighted by Gasteiger charge is 2.45. The van der Waals surface area contributed by atoms with Crippen LogP contribution in [0.1, 0.15) is 50.7 Å². The fraction of sp³-hybridized carbons (Fsp3) is 0.650. The Hall–Kier alpha value is -1.75. The van der Waals surface area contributed by atoms with E-state index in [0.717, 1.165) is 49.4 Å². The van der Waals surface area contributed by atoms with Crippen LogP contribution in [0.25, 0.3) is 0 Å². The molecule has 1 aliphatic heterocycles. The minimum Gasteiger partial charge on any atom is -0.494 e. The number of nitrogens with one attached hydrogen (secondary N) is 2. The van der Waals surface area contributed by atoms with Crippen molar-refractivity contribution in [2.75, 3.05) is 26.2 Å². The summed E-state index contributed by atoms with van der Waals surface area (Å²) in [5.74, 6) is 2.34. The van der Waals surface area contributed by atoms with Gasteiger partial charge >= 0.3 is 0 Å². The van der Waals surface area contributed by atoms with Crippen molar-refractivity contribution in [3.63, 3.8) is 0 Å². The van der Waals surface area contributed by atoms with Gasteiger partial charge in [-0.25, -0.2) is 0 Å². The lowest BCUT2D eigenvalue weighted by Crippen LogP contribution is -2.33. The molecule has 2 N–H and O–H groups in total. The second-order valence-corrected chi connectivity index (χ2v) is 7.05. The normalized spacial score (nSPS) is 23.7. The van der Waals surface area contributed by atoms with Crippen LogP contribution in [0.5, 0.6) is 11.5 Å². The standard InChI is InChI=1S/C20H30N2O3/c1-4-6-21-7-8-22-20(23)17-11-15(17)16-12-18-14(9-13(3)25-18)10-19(16)24-5-2/h10,12-13,15,17,21H,4-9,11H2,1-3H3,(H,22,23). The van der Waals surface area contributed by atoms with Crippen molar-refractivity contribution in [1.82, 2.24) is 10.6 Å². The highest BCUT2D eigenvalue weighted by atomic mass is 16.5. The summed E-state index contributed by atoms with van der Waals surface area (Å²) in [4.78, 5) is 12.4. The third-order valence-corrected chi connectivity index (χ3v) is 4.88. The van der Waals surface area contributed by atoms with Crippen molar-refractivity contribution in [2.45, 2.75) is 52.1 Å². The van der Waals surface area contributed by atoms with Crippen LogP contribution in [0.15, 0.2) is 12.1 Å². The first-order valence-electron chi connectivity index (χ1n) is 9.58. The van der Waals surface area contributed by atoms with Gasteiger partial charge in [-0.3, -0.25) is 4.79 Å². The van der Waals surface area contributed by atoms with Crippen molar-refractivity contribution in [3.8, 4) is 11.5 Å². The molecule has 1 heterocycles. The van der Waals surface area contributed by atoms with Gasteiger partial charge in [-0.1, -0.05) is 6.92 Å². The maximum atomic E-state index is 12.4. The van der Waals surface area contributed by atoms with Gasteiger partial charge in [0, 0.05) is 42.5 Å². The minimum absolute atomic E-state index is 0.0576. The van der Waals surface area contributed by atoms with E-state index in [1.54, 1.807) is 0 Å². The first kappa shape index (κ1) is 18.1. The Morgan fingerprint density at radius 3 is 2.88 bits per heavy atom. The van der Waals surface area contributed by atoms with Crippen LogP contribution in [-0.4, -0.2) is 38.3 Å². The molecule has 1 aromatic carbocycles. The van der Waals surface area contributed by atoms with Gasteiger partial charge in [-0.2, -0.15) is 0 Å². The summed E-state index contributed by atoms with van der Waals surface area (Å²) in [6.07, 6.45) is 3.14. The molecule has 3 rings (SSSR count). The summed E-state index contributed by atoms with van der Waals surface area (Å²) in [5.41, 5.74) is 2.34. The van der Waals surface area contributed by atoms with E-state index in [1.165, 1.54) is 5.56 Å². The Labute approximate surface area is 150 Å². The topological polar surface area (TPSA) is 59.6 Å². The minimum atomic E-state index is 0.0576. The number of ether oxygens (including phenoxy) is 2. The first-order valence-corrected chi connectivity index (χ1v) is 9.58. The maximum Gasteiger partial charge on any atom is 0.223 e. The van der Waals surface area contributed by atoms with Crippen LogP contribution >= 0.6 is 0 Å². The van der Waals surface area contributed by atoms with E-state index in [-0.39, 0.29) is 23.8 Å². The van der Waals surface area contributed by atoms with Crippen LogP contribution < -0.4 is 20.1 Å². The predicted molar refractivity (Wildman–Crippen MR) is 98.4 cm³/mol. The Bertz CT molecular complexity index is 617. The van der Waals surface area contributed by atoms with Gasteiger partial charge in [0.15, 0.2) is 0 Å². The van der Waals surface area contributed by atoms with Crippen LogP contribution in [-0.2, 0) is 11.2 Å². The zero-order valence-corrected chi connectivity index (χ0v) is 15.6. The van der Waals surface area contributed by atoms with E-state index in [9.17, 15) is 4.79 Å². The molecule has 1 aromatic rings. The van der Waals surface area contributed by atoms with Crippen molar-refractivity contribution in [3.05, 3.63) is 23.3 Å². The Balaban J connectivity index is 1.61. The molecule has 2 aliphatic rings. The smallest absolute Gasteiger partial charge is 0.223 e. The first-order chi connectivity index (χ1) is 12.1. The van der Waals surface area contributed by atoms with Gasteiger partial charge in [0.1, 0.15) is 17.6 Å². The molecule has 1 fully saturated rings. The predicted octanol–water partition coefficient (Wildman–Crippen LogP) is 2.63. The van der Waals surface area contributed by atoms with E-state index in [1.807, 2.05) is 6.92 Å². The van der Waals surface area contributed by atoms with Gasteiger partial charge in [0.05, 0.1) is 6.61 Å². The summed E-state index contributed by atoms with van der Waals surface area (Å²) in [6.45, 7) is 9.35. The Morgan fingerprint density at radius 1 is 1.28 bits per heavy atom. The highest BCUT2D eigenvalue weighted by Crippen LogP contribution is 2.52. The molecule has 25 heavy (non-hydrogen) atoms. The Kier molecular flexibility index (Phi) is 5.84. The highest BCUT2D eigenvalue weighted by molar-refractivity contribution is 5.83. The summed E-state index contributed by atoms with van der Waals surface area (Å²) >= 11 is 0. The van der Waals surface area contributed by atoms with Crippen LogP contribution in [0, 0.1) is 5.92 Å². The van der Waals surface area contributed by atoms with Crippen LogP contribution in [0.2, 0.25) is 0 Å². The quantitative estimate of drug-likeness (QED) is 0.675. The van der Waals surface area contributed by atoms with Crippen LogP contribution in [0.4, 0.5) is 0 Å². The number of hydrogen-bond acceptors (Lipinski definition) is 4. The molecule has 3 unspecified atom stereocenters. The molecule has 0 bridgehead atoms. The monoisotopic (exact) mass is 346 g/mol.